The fourth-order valence-electron chi connectivity index (χ4n) is 3.64. The number of nitrogens with zero attached hydrogens (tertiary/aromatic N) is 3. The van der Waals surface area contributed by atoms with Gasteiger partial charge >= 0.3 is 0 Å². The fourth-order valence-corrected chi connectivity index (χ4v) is 3.64. The molecule has 0 bridgehead atoms. The number of rotatable bonds is 4. The standard InChI is InChI=1S/C24H24FN5O2/c1-13-9-15(25)6-5-14(13)12-30-18(11-20(29-30)24(2,3)4)17-10-19(31)21-16(28-17)7-8-27-22(21)23(26)32/h5-11H,12H2,1-4H3,(H2,26,32)(H,28,31). The number of amides is 1. The number of halogens is 1. The number of hydrogen-bond donors (Lipinski definition) is 2. The highest BCUT2D eigenvalue weighted by Gasteiger charge is 2.22. The molecule has 0 fully saturated rings. The van der Waals surface area contributed by atoms with Crippen LogP contribution in [0, 0.1) is 12.7 Å². The van der Waals surface area contributed by atoms with Crippen LogP contribution in [-0.2, 0) is 12.0 Å². The Bertz CT molecular complexity index is 1410. The number of carbonyl (C=O) groups is 1. The van der Waals surface area contributed by atoms with Crippen LogP contribution in [0.1, 0.15) is 48.1 Å². The zero-order chi connectivity index (χ0) is 23.2. The van der Waals surface area contributed by atoms with Gasteiger partial charge in [0.05, 0.1) is 34.5 Å². The summed E-state index contributed by atoms with van der Waals surface area (Å²) in [5.41, 5.74) is 9.02. The Labute approximate surface area is 184 Å². The smallest absolute Gasteiger partial charge is 0.268 e. The molecule has 0 radical (unpaired) electrons. The summed E-state index contributed by atoms with van der Waals surface area (Å²) in [6.45, 7) is 8.42. The lowest BCUT2D eigenvalue weighted by atomic mass is 9.92. The van der Waals surface area contributed by atoms with Crippen LogP contribution in [0.4, 0.5) is 4.39 Å². The molecule has 0 atom stereocenters. The zero-order valence-electron chi connectivity index (χ0n) is 18.4. The Morgan fingerprint density at radius 2 is 1.94 bits per heavy atom. The highest BCUT2D eigenvalue weighted by Crippen LogP contribution is 2.28. The van der Waals surface area contributed by atoms with Crippen LogP contribution in [-0.4, -0.2) is 25.7 Å². The van der Waals surface area contributed by atoms with E-state index in [4.69, 9.17) is 10.8 Å². The normalized spacial score (nSPS) is 11.8. The van der Waals surface area contributed by atoms with Crippen molar-refractivity contribution in [1.82, 2.24) is 19.7 Å². The fraction of sp³-hybridized carbons (Fsp3) is 0.250. The summed E-state index contributed by atoms with van der Waals surface area (Å²) in [7, 11) is 0. The molecular weight excluding hydrogens is 409 g/mol. The van der Waals surface area contributed by atoms with Crippen LogP contribution < -0.4 is 11.2 Å². The van der Waals surface area contributed by atoms with E-state index in [0.29, 0.717) is 23.4 Å². The van der Waals surface area contributed by atoms with E-state index >= 15 is 0 Å². The third-order valence-corrected chi connectivity index (χ3v) is 5.42. The number of carbonyl (C=O) groups excluding carboxylic acids is 1. The molecule has 4 rings (SSSR count). The van der Waals surface area contributed by atoms with Gasteiger partial charge in [-0.15, -0.1) is 0 Å². The lowest BCUT2D eigenvalue weighted by Crippen LogP contribution is -2.18. The monoisotopic (exact) mass is 433 g/mol. The van der Waals surface area contributed by atoms with Crippen molar-refractivity contribution in [3.63, 3.8) is 0 Å². The molecule has 3 aromatic heterocycles. The first kappa shape index (κ1) is 21.4. The summed E-state index contributed by atoms with van der Waals surface area (Å²) in [5, 5.41) is 4.94. The molecule has 3 heterocycles. The van der Waals surface area contributed by atoms with E-state index in [1.807, 2.05) is 13.0 Å². The first-order valence-electron chi connectivity index (χ1n) is 10.2. The maximum absolute atomic E-state index is 13.6. The van der Waals surface area contributed by atoms with E-state index in [2.05, 4.69) is 30.7 Å². The van der Waals surface area contributed by atoms with Gasteiger partial charge in [-0.25, -0.2) is 4.39 Å². The molecule has 8 heteroatoms. The minimum Gasteiger partial charge on any atom is -0.364 e. The number of aromatic amines is 1. The van der Waals surface area contributed by atoms with Crippen LogP contribution in [0.25, 0.3) is 22.3 Å². The second kappa shape index (κ2) is 7.71. The van der Waals surface area contributed by atoms with E-state index in [9.17, 15) is 14.0 Å². The van der Waals surface area contributed by atoms with E-state index in [-0.39, 0.29) is 27.7 Å². The maximum atomic E-state index is 13.6. The molecule has 32 heavy (non-hydrogen) atoms. The van der Waals surface area contributed by atoms with Gasteiger partial charge in [-0.1, -0.05) is 26.8 Å². The Kier molecular flexibility index (Phi) is 5.16. The van der Waals surface area contributed by atoms with Crippen molar-refractivity contribution in [3.8, 4) is 11.4 Å². The van der Waals surface area contributed by atoms with Gasteiger partial charge in [-0.2, -0.15) is 5.10 Å². The average molecular weight is 433 g/mol. The highest BCUT2D eigenvalue weighted by molar-refractivity contribution is 6.03. The number of nitrogens with two attached hydrogens (primary N) is 1. The number of hydrogen-bond acceptors (Lipinski definition) is 4. The Hall–Kier alpha value is -3.81. The molecular formula is C24H24FN5O2. The number of nitrogens with one attached hydrogen (secondary N) is 1. The number of benzene rings is 1. The van der Waals surface area contributed by atoms with Crippen molar-refractivity contribution in [3.05, 3.63) is 81.2 Å². The van der Waals surface area contributed by atoms with E-state index in [1.165, 1.54) is 24.4 Å². The van der Waals surface area contributed by atoms with Crippen molar-refractivity contribution in [2.45, 2.75) is 39.7 Å². The summed E-state index contributed by atoms with van der Waals surface area (Å²) in [6, 6.07) is 9.63. The first-order valence-corrected chi connectivity index (χ1v) is 10.2. The molecule has 7 nitrogen and oxygen atoms in total. The van der Waals surface area contributed by atoms with Gasteiger partial charge in [0.2, 0.25) is 0 Å². The summed E-state index contributed by atoms with van der Waals surface area (Å²) in [6.07, 6.45) is 1.43. The van der Waals surface area contributed by atoms with Gasteiger partial charge in [0.25, 0.3) is 5.91 Å². The largest absolute Gasteiger partial charge is 0.364 e. The molecule has 0 aliphatic rings. The predicted molar refractivity (Wildman–Crippen MR) is 121 cm³/mol. The third kappa shape index (κ3) is 3.91. The van der Waals surface area contributed by atoms with Gasteiger partial charge in [-0.3, -0.25) is 19.3 Å². The molecule has 0 aliphatic heterocycles. The van der Waals surface area contributed by atoms with Gasteiger partial charge < -0.3 is 10.7 Å². The van der Waals surface area contributed by atoms with Crippen LogP contribution >= 0.6 is 0 Å². The lowest BCUT2D eigenvalue weighted by molar-refractivity contribution is 0.0997. The number of primary amides is 1. The first-order chi connectivity index (χ1) is 15.0. The summed E-state index contributed by atoms with van der Waals surface area (Å²) in [4.78, 5) is 31.8. The van der Waals surface area contributed by atoms with E-state index in [1.54, 1.807) is 16.8 Å². The number of pyridine rings is 2. The maximum Gasteiger partial charge on any atom is 0.268 e. The van der Waals surface area contributed by atoms with Gasteiger partial charge in [0, 0.05) is 17.7 Å². The molecule has 1 aromatic carbocycles. The predicted octanol–water partition coefficient (Wildman–Crippen LogP) is 3.68. The van der Waals surface area contributed by atoms with Crippen LogP contribution in [0.2, 0.25) is 0 Å². The quantitative estimate of drug-likeness (QED) is 0.512. The van der Waals surface area contributed by atoms with E-state index < -0.39 is 5.91 Å². The van der Waals surface area contributed by atoms with Crippen molar-refractivity contribution >= 4 is 16.8 Å². The summed E-state index contributed by atoms with van der Waals surface area (Å²) >= 11 is 0. The minimum absolute atomic E-state index is 0.0684. The Balaban J connectivity index is 1.91. The van der Waals surface area contributed by atoms with Crippen molar-refractivity contribution in [2.24, 2.45) is 5.73 Å². The van der Waals surface area contributed by atoms with Crippen molar-refractivity contribution in [1.29, 1.82) is 0 Å². The average Bonchev–Trinajstić information content (AvgIpc) is 3.14. The molecule has 0 unspecified atom stereocenters. The van der Waals surface area contributed by atoms with Crippen molar-refractivity contribution < 1.29 is 9.18 Å². The third-order valence-electron chi connectivity index (χ3n) is 5.42. The molecule has 0 saturated carbocycles. The zero-order valence-corrected chi connectivity index (χ0v) is 18.4. The van der Waals surface area contributed by atoms with Gasteiger partial charge in [0.15, 0.2) is 5.43 Å². The summed E-state index contributed by atoms with van der Waals surface area (Å²) < 4.78 is 15.4. The second-order valence-corrected chi connectivity index (χ2v) is 8.89. The molecule has 0 saturated heterocycles. The van der Waals surface area contributed by atoms with E-state index in [0.717, 1.165) is 16.8 Å². The van der Waals surface area contributed by atoms with Gasteiger partial charge in [0.1, 0.15) is 11.5 Å². The van der Waals surface area contributed by atoms with Crippen LogP contribution in [0.5, 0.6) is 0 Å². The molecule has 4 aromatic rings. The van der Waals surface area contributed by atoms with Crippen LogP contribution in [0.3, 0.4) is 0 Å². The number of aromatic nitrogens is 4. The minimum atomic E-state index is -0.763. The molecule has 1 amide bonds. The number of fused-ring (bicyclic) bond motifs is 1. The van der Waals surface area contributed by atoms with Gasteiger partial charge in [-0.05, 0) is 42.3 Å². The van der Waals surface area contributed by atoms with Crippen molar-refractivity contribution in [2.75, 3.05) is 0 Å². The second-order valence-electron chi connectivity index (χ2n) is 8.89. The Morgan fingerprint density at radius 1 is 1.19 bits per heavy atom. The lowest BCUT2D eigenvalue weighted by Gasteiger charge is -2.14. The Morgan fingerprint density at radius 3 is 2.59 bits per heavy atom. The molecule has 0 aliphatic carbocycles. The highest BCUT2D eigenvalue weighted by atomic mass is 19.1. The topological polar surface area (TPSA) is 107 Å². The summed E-state index contributed by atoms with van der Waals surface area (Å²) in [5.74, 6) is -1.05. The molecule has 0 spiro atoms. The number of aryl methyl sites for hydroxylation is 1. The molecule has 164 valence electrons. The number of H-pyrrole nitrogens is 1. The van der Waals surface area contributed by atoms with Crippen LogP contribution in [0.15, 0.2) is 47.4 Å². The molecule has 3 N–H and O–H groups in total. The SMILES string of the molecule is Cc1cc(F)ccc1Cn1nc(C(C)(C)C)cc1-c1cc(=O)c2c(C(N)=O)nccc2[nH]1.